The van der Waals surface area contributed by atoms with E-state index in [4.69, 9.17) is 11.6 Å². The summed E-state index contributed by atoms with van der Waals surface area (Å²) in [6, 6.07) is 13.1. The van der Waals surface area contributed by atoms with Crippen LogP contribution in [0, 0.1) is 0 Å². The zero-order valence-corrected chi connectivity index (χ0v) is 16.3. The number of nitrogens with zero attached hydrogens (tertiary/aromatic N) is 2. The topological polar surface area (TPSA) is 40.6 Å². The predicted octanol–water partition coefficient (Wildman–Crippen LogP) is 4.06. The number of piperazine rings is 1. The van der Waals surface area contributed by atoms with Crippen LogP contribution in [0.3, 0.4) is 0 Å². The van der Waals surface area contributed by atoms with Crippen molar-refractivity contribution in [3.05, 3.63) is 63.3 Å². The molecule has 6 heteroatoms. The van der Waals surface area contributed by atoms with Gasteiger partial charge in [-0.05, 0) is 37.6 Å². The van der Waals surface area contributed by atoms with Gasteiger partial charge in [0.15, 0.2) is 0 Å². The number of rotatable bonds is 4. The van der Waals surface area contributed by atoms with Crippen molar-refractivity contribution in [1.29, 1.82) is 0 Å². The summed E-state index contributed by atoms with van der Waals surface area (Å²) in [4.78, 5) is 29.8. The lowest BCUT2D eigenvalue weighted by Crippen LogP contribution is -2.61. The van der Waals surface area contributed by atoms with Crippen molar-refractivity contribution in [2.24, 2.45) is 0 Å². The van der Waals surface area contributed by atoms with Crippen LogP contribution in [0.15, 0.2) is 48.5 Å². The average Bonchev–Trinajstić information content (AvgIpc) is 3.04. The van der Waals surface area contributed by atoms with Crippen molar-refractivity contribution in [2.75, 3.05) is 6.54 Å². The Labute approximate surface area is 162 Å². The Balaban J connectivity index is 1.69. The molecule has 26 heavy (non-hydrogen) atoms. The molecule has 1 aliphatic rings. The van der Waals surface area contributed by atoms with E-state index >= 15 is 0 Å². The summed E-state index contributed by atoms with van der Waals surface area (Å²) in [7, 11) is 0. The van der Waals surface area contributed by atoms with Crippen LogP contribution in [0.25, 0.3) is 6.08 Å². The highest BCUT2D eigenvalue weighted by molar-refractivity contribution is 7.17. The number of hydrogen-bond acceptors (Lipinski definition) is 3. The van der Waals surface area contributed by atoms with Gasteiger partial charge < -0.3 is 9.80 Å². The molecule has 1 aliphatic heterocycles. The normalized spacial score (nSPS) is 20.8. The molecule has 1 aromatic carbocycles. The fourth-order valence-electron chi connectivity index (χ4n) is 3.27. The molecule has 0 saturated carbocycles. The number of amides is 2. The second kappa shape index (κ2) is 8.06. The van der Waals surface area contributed by atoms with Gasteiger partial charge in [-0.2, -0.15) is 0 Å². The minimum atomic E-state index is -0.480. The molecule has 2 aromatic rings. The highest BCUT2D eigenvalue weighted by Gasteiger charge is 2.37. The lowest BCUT2D eigenvalue weighted by atomic mass is 10.1. The zero-order chi connectivity index (χ0) is 18.7. The van der Waals surface area contributed by atoms with Gasteiger partial charge in [0.25, 0.3) is 0 Å². The lowest BCUT2D eigenvalue weighted by Gasteiger charge is -2.43. The highest BCUT2D eigenvalue weighted by atomic mass is 35.5. The summed E-state index contributed by atoms with van der Waals surface area (Å²) >= 11 is 7.32. The van der Waals surface area contributed by atoms with Crippen molar-refractivity contribution in [1.82, 2.24) is 9.80 Å². The number of halogens is 1. The molecule has 0 spiro atoms. The second-order valence-corrected chi connectivity index (χ2v) is 8.20. The van der Waals surface area contributed by atoms with Gasteiger partial charge in [-0.15, -0.1) is 11.3 Å². The molecule has 3 rings (SSSR count). The SMILES string of the molecule is CC1CN(Cc2ccccc2)C(=O)C(C)N1C(=O)C=Cc1ccc(Cl)s1. The van der Waals surface area contributed by atoms with E-state index in [9.17, 15) is 9.59 Å². The number of benzene rings is 1. The fourth-order valence-corrected chi connectivity index (χ4v) is 4.24. The van der Waals surface area contributed by atoms with Crippen molar-refractivity contribution in [2.45, 2.75) is 32.5 Å². The molecule has 2 atom stereocenters. The molecule has 0 aliphatic carbocycles. The molecule has 1 fully saturated rings. The van der Waals surface area contributed by atoms with Crippen LogP contribution in [-0.4, -0.2) is 40.2 Å². The smallest absolute Gasteiger partial charge is 0.247 e. The van der Waals surface area contributed by atoms with Crippen molar-refractivity contribution < 1.29 is 9.59 Å². The van der Waals surface area contributed by atoms with Crippen molar-refractivity contribution in [3.63, 3.8) is 0 Å². The van der Waals surface area contributed by atoms with E-state index < -0.39 is 6.04 Å². The molecule has 2 amide bonds. The van der Waals surface area contributed by atoms with Crippen LogP contribution in [0.2, 0.25) is 4.34 Å². The van der Waals surface area contributed by atoms with Crippen LogP contribution >= 0.6 is 22.9 Å². The third-order valence-corrected chi connectivity index (χ3v) is 5.70. The largest absolute Gasteiger partial charge is 0.335 e. The predicted molar refractivity (Wildman–Crippen MR) is 106 cm³/mol. The Bertz CT molecular complexity index is 818. The van der Waals surface area contributed by atoms with Gasteiger partial charge in [-0.25, -0.2) is 0 Å². The molecule has 2 heterocycles. The van der Waals surface area contributed by atoms with Crippen LogP contribution in [-0.2, 0) is 16.1 Å². The molecule has 0 N–H and O–H groups in total. The number of thiophene rings is 1. The van der Waals surface area contributed by atoms with Gasteiger partial charge in [0.1, 0.15) is 6.04 Å². The average molecular weight is 389 g/mol. The summed E-state index contributed by atoms with van der Waals surface area (Å²) in [5.74, 6) is -0.171. The van der Waals surface area contributed by atoms with E-state index in [1.807, 2.05) is 48.2 Å². The van der Waals surface area contributed by atoms with Crippen molar-refractivity contribution in [3.8, 4) is 0 Å². The Hall–Kier alpha value is -2.11. The van der Waals surface area contributed by atoms with E-state index in [-0.39, 0.29) is 17.9 Å². The maximum absolute atomic E-state index is 12.8. The molecule has 136 valence electrons. The molecular weight excluding hydrogens is 368 g/mol. The first-order valence-electron chi connectivity index (χ1n) is 8.54. The summed E-state index contributed by atoms with van der Waals surface area (Å²) in [6.07, 6.45) is 3.27. The Morgan fingerprint density at radius 2 is 1.96 bits per heavy atom. The number of carbonyl (C=O) groups excluding carboxylic acids is 2. The first kappa shape index (κ1) is 18.7. The molecule has 0 radical (unpaired) electrons. The van der Waals surface area contributed by atoms with Crippen LogP contribution in [0.4, 0.5) is 0 Å². The van der Waals surface area contributed by atoms with Crippen LogP contribution in [0.1, 0.15) is 24.3 Å². The molecular formula is C20H21ClN2O2S. The molecule has 0 bridgehead atoms. The van der Waals surface area contributed by atoms with Gasteiger partial charge in [0, 0.05) is 30.1 Å². The fraction of sp³-hybridized carbons (Fsp3) is 0.300. The van der Waals surface area contributed by atoms with Crippen LogP contribution in [0.5, 0.6) is 0 Å². The summed E-state index contributed by atoms with van der Waals surface area (Å²) in [6.45, 7) is 4.88. The van der Waals surface area contributed by atoms with E-state index in [0.29, 0.717) is 17.4 Å². The van der Waals surface area contributed by atoms with Gasteiger partial charge in [-0.3, -0.25) is 9.59 Å². The second-order valence-electron chi connectivity index (χ2n) is 6.45. The van der Waals surface area contributed by atoms with E-state index in [0.717, 1.165) is 10.4 Å². The summed E-state index contributed by atoms with van der Waals surface area (Å²) in [5.41, 5.74) is 1.09. The maximum atomic E-state index is 12.8. The molecule has 1 aromatic heterocycles. The quantitative estimate of drug-likeness (QED) is 0.741. The van der Waals surface area contributed by atoms with Gasteiger partial charge in [-0.1, -0.05) is 41.9 Å². The highest BCUT2D eigenvalue weighted by Crippen LogP contribution is 2.23. The number of carbonyl (C=O) groups is 2. The van der Waals surface area contributed by atoms with E-state index in [2.05, 4.69) is 0 Å². The van der Waals surface area contributed by atoms with Crippen molar-refractivity contribution >= 4 is 40.8 Å². The standard InChI is InChI=1S/C20H21ClN2O2S/c1-14-12-22(13-16-6-4-3-5-7-16)20(25)15(2)23(14)19(24)11-9-17-8-10-18(21)26-17/h3-11,14-15H,12-13H2,1-2H3. The Morgan fingerprint density at radius 3 is 2.62 bits per heavy atom. The number of hydrogen-bond donors (Lipinski definition) is 0. The van der Waals surface area contributed by atoms with Gasteiger partial charge in [0.2, 0.25) is 11.8 Å². The first-order chi connectivity index (χ1) is 12.5. The third kappa shape index (κ3) is 4.17. The first-order valence-corrected chi connectivity index (χ1v) is 9.73. The molecule has 4 nitrogen and oxygen atoms in total. The van der Waals surface area contributed by atoms with E-state index in [1.165, 1.54) is 17.4 Å². The lowest BCUT2D eigenvalue weighted by molar-refractivity contribution is -0.152. The van der Waals surface area contributed by atoms with E-state index in [1.54, 1.807) is 24.0 Å². The van der Waals surface area contributed by atoms with Gasteiger partial charge in [0.05, 0.1) is 4.34 Å². The Morgan fingerprint density at radius 1 is 1.23 bits per heavy atom. The Kier molecular flexibility index (Phi) is 5.79. The minimum Gasteiger partial charge on any atom is -0.335 e. The molecule has 2 unspecified atom stereocenters. The van der Waals surface area contributed by atoms with Gasteiger partial charge >= 0.3 is 0 Å². The van der Waals surface area contributed by atoms with Crippen LogP contribution < -0.4 is 0 Å². The summed E-state index contributed by atoms with van der Waals surface area (Å²) in [5, 5.41) is 0. The minimum absolute atomic E-state index is 0.0205. The monoisotopic (exact) mass is 388 g/mol. The summed E-state index contributed by atoms with van der Waals surface area (Å²) < 4.78 is 0.684. The maximum Gasteiger partial charge on any atom is 0.247 e. The molecule has 1 saturated heterocycles. The zero-order valence-electron chi connectivity index (χ0n) is 14.8. The third-order valence-electron chi connectivity index (χ3n) is 4.50.